The topological polar surface area (TPSA) is 47.1 Å². The van der Waals surface area contributed by atoms with Crippen molar-refractivity contribution in [2.24, 2.45) is 0 Å². The normalized spacial score (nSPS) is 14.5. The predicted molar refractivity (Wildman–Crippen MR) is 157 cm³/mol. The first-order chi connectivity index (χ1) is 18.7. The zero-order valence-electron chi connectivity index (χ0n) is 21.9. The number of para-hydroxylation sites is 2. The lowest BCUT2D eigenvalue weighted by Crippen LogP contribution is -2.38. The molecular formula is C34H34N4. The predicted octanol–water partition coefficient (Wildman–Crippen LogP) is 7.00. The average molecular weight is 499 g/mol. The number of rotatable bonds is 6. The highest BCUT2D eigenvalue weighted by Gasteiger charge is 2.40. The largest absolute Gasteiger partial charge is 0.397 e. The molecule has 6 rings (SSSR count). The van der Waals surface area contributed by atoms with Crippen LogP contribution >= 0.6 is 0 Å². The van der Waals surface area contributed by atoms with Crippen LogP contribution in [0.15, 0.2) is 122 Å². The van der Waals surface area contributed by atoms with E-state index in [2.05, 4.69) is 126 Å². The van der Waals surface area contributed by atoms with Gasteiger partial charge in [-0.1, -0.05) is 103 Å². The van der Waals surface area contributed by atoms with E-state index in [4.69, 9.17) is 10.7 Å². The minimum atomic E-state index is -0.529. The van der Waals surface area contributed by atoms with Crippen LogP contribution in [0, 0.1) is 6.92 Å². The summed E-state index contributed by atoms with van der Waals surface area (Å²) in [6, 6.07) is 40.7. The molecule has 0 spiro atoms. The van der Waals surface area contributed by atoms with Crippen LogP contribution in [0.1, 0.15) is 46.8 Å². The monoisotopic (exact) mass is 498 g/mol. The molecule has 1 aromatic heterocycles. The van der Waals surface area contributed by atoms with Gasteiger partial charge in [-0.2, -0.15) is 0 Å². The molecule has 0 amide bonds. The molecule has 1 saturated heterocycles. The van der Waals surface area contributed by atoms with Gasteiger partial charge in [0, 0.05) is 24.7 Å². The lowest BCUT2D eigenvalue weighted by Gasteiger charge is -2.39. The summed E-state index contributed by atoms with van der Waals surface area (Å²) in [6.07, 6.45) is 4.18. The van der Waals surface area contributed by atoms with E-state index in [-0.39, 0.29) is 0 Å². The Balaban J connectivity index is 1.43. The Morgan fingerprint density at radius 2 is 1.16 bits per heavy atom. The van der Waals surface area contributed by atoms with Crippen LogP contribution in [0.4, 0.5) is 11.4 Å². The van der Waals surface area contributed by atoms with Crippen molar-refractivity contribution in [3.63, 3.8) is 0 Å². The zero-order chi connectivity index (χ0) is 26.0. The Bertz CT molecular complexity index is 1390. The molecule has 4 heteroatoms. The minimum Gasteiger partial charge on any atom is -0.397 e. The number of imidazole rings is 1. The fourth-order valence-electron chi connectivity index (χ4n) is 6.29. The average Bonchev–Trinajstić information content (AvgIpc) is 3.37. The van der Waals surface area contributed by atoms with E-state index in [1.165, 1.54) is 28.1 Å². The molecule has 2 heterocycles. The molecule has 190 valence electrons. The van der Waals surface area contributed by atoms with E-state index < -0.39 is 5.54 Å². The highest BCUT2D eigenvalue weighted by molar-refractivity contribution is 5.67. The number of aromatic nitrogens is 2. The van der Waals surface area contributed by atoms with Crippen molar-refractivity contribution in [3.8, 4) is 0 Å². The van der Waals surface area contributed by atoms with E-state index in [0.717, 1.165) is 37.3 Å². The summed E-state index contributed by atoms with van der Waals surface area (Å²) in [4.78, 5) is 7.53. The number of hydrogen-bond acceptors (Lipinski definition) is 3. The van der Waals surface area contributed by atoms with Crippen molar-refractivity contribution < 1.29 is 0 Å². The van der Waals surface area contributed by atoms with Crippen molar-refractivity contribution in [1.82, 2.24) is 9.55 Å². The number of benzene rings is 4. The number of nitrogen functional groups attached to an aromatic ring is 1. The number of nitrogens with zero attached hydrogens (tertiary/aromatic N) is 3. The zero-order valence-corrected chi connectivity index (χ0v) is 21.9. The van der Waals surface area contributed by atoms with E-state index >= 15 is 0 Å². The van der Waals surface area contributed by atoms with Crippen molar-refractivity contribution in [2.75, 3.05) is 23.7 Å². The van der Waals surface area contributed by atoms with Gasteiger partial charge in [-0.15, -0.1) is 0 Å². The highest BCUT2D eigenvalue weighted by atomic mass is 15.2. The number of anilines is 2. The van der Waals surface area contributed by atoms with Crippen molar-refractivity contribution in [2.45, 2.75) is 31.2 Å². The molecule has 0 bridgehead atoms. The summed E-state index contributed by atoms with van der Waals surface area (Å²) >= 11 is 0. The van der Waals surface area contributed by atoms with Gasteiger partial charge in [0.05, 0.1) is 23.4 Å². The third-order valence-electron chi connectivity index (χ3n) is 8.14. The second-order valence-corrected chi connectivity index (χ2v) is 10.2. The molecule has 38 heavy (non-hydrogen) atoms. The minimum absolute atomic E-state index is 0.414. The van der Waals surface area contributed by atoms with Crippen molar-refractivity contribution >= 4 is 11.4 Å². The van der Waals surface area contributed by atoms with Crippen LogP contribution in [0.2, 0.25) is 0 Å². The van der Waals surface area contributed by atoms with Crippen LogP contribution in [0.5, 0.6) is 0 Å². The van der Waals surface area contributed by atoms with Gasteiger partial charge in [-0.05, 0) is 48.6 Å². The molecule has 0 unspecified atom stereocenters. The second kappa shape index (κ2) is 10.2. The van der Waals surface area contributed by atoms with E-state index in [0.29, 0.717) is 5.92 Å². The Morgan fingerprint density at radius 3 is 1.66 bits per heavy atom. The molecular weight excluding hydrogens is 464 g/mol. The third-order valence-corrected chi connectivity index (χ3v) is 8.14. The molecule has 1 aliphatic rings. The maximum Gasteiger partial charge on any atom is 0.121 e. The SMILES string of the molecule is Cc1c(C2CCN(c3ccccc3N)CC2)ncn1C(c1ccccc1)(c1ccccc1)c1ccccc1. The van der Waals surface area contributed by atoms with E-state index in [9.17, 15) is 0 Å². The molecule has 5 aromatic rings. The van der Waals surface area contributed by atoms with Crippen LogP contribution in [-0.2, 0) is 5.54 Å². The highest BCUT2D eigenvalue weighted by Crippen LogP contribution is 2.43. The van der Waals surface area contributed by atoms with Gasteiger partial charge in [0.1, 0.15) is 5.54 Å². The number of piperidine rings is 1. The van der Waals surface area contributed by atoms with Crippen LogP contribution in [0.3, 0.4) is 0 Å². The first kappa shape index (κ1) is 24.1. The summed E-state index contributed by atoms with van der Waals surface area (Å²) in [5.74, 6) is 0.414. The van der Waals surface area contributed by atoms with Gasteiger partial charge >= 0.3 is 0 Å². The lowest BCUT2D eigenvalue weighted by atomic mass is 9.76. The van der Waals surface area contributed by atoms with Crippen molar-refractivity contribution in [1.29, 1.82) is 0 Å². The first-order valence-electron chi connectivity index (χ1n) is 13.5. The maximum atomic E-state index is 6.28. The molecule has 2 N–H and O–H groups in total. The van der Waals surface area contributed by atoms with Gasteiger partial charge in [-0.3, -0.25) is 0 Å². The molecule has 1 aliphatic heterocycles. The van der Waals surface area contributed by atoms with Gasteiger partial charge in [0.25, 0.3) is 0 Å². The first-order valence-corrected chi connectivity index (χ1v) is 13.5. The molecule has 4 aromatic carbocycles. The Hall–Kier alpha value is -4.31. The molecule has 0 saturated carbocycles. The van der Waals surface area contributed by atoms with Crippen molar-refractivity contribution in [3.05, 3.63) is 150 Å². The van der Waals surface area contributed by atoms with Gasteiger partial charge < -0.3 is 15.2 Å². The molecule has 4 nitrogen and oxygen atoms in total. The standard InChI is InChI=1S/C34H34N4/c1-26-33(27-21-23-37(24-22-27)32-20-12-11-19-31(32)35)36-25-38(26)34(28-13-5-2-6-14-28,29-15-7-3-8-16-29)30-17-9-4-10-18-30/h2-20,25,27H,21-24,35H2,1H3. The number of hydrogen-bond donors (Lipinski definition) is 1. The Morgan fingerprint density at radius 1 is 0.684 bits per heavy atom. The summed E-state index contributed by atoms with van der Waals surface area (Å²) in [7, 11) is 0. The van der Waals surface area contributed by atoms with Crippen LogP contribution < -0.4 is 10.6 Å². The number of nitrogens with two attached hydrogens (primary N) is 1. The molecule has 0 aliphatic carbocycles. The fraction of sp³-hybridized carbons (Fsp3) is 0.206. The molecule has 0 radical (unpaired) electrons. The Labute approximate surface area is 225 Å². The van der Waals surface area contributed by atoms with Gasteiger partial charge in [-0.25, -0.2) is 4.98 Å². The summed E-state index contributed by atoms with van der Waals surface area (Å²) < 4.78 is 2.41. The van der Waals surface area contributed by atoms with Gasteiger partial charge in [0.15, 0.2) is 0 Å². The van der Waals surface area contributed by atoms with Crippen LogP contribution in [0.25, 0.3) is 0 Å². The molecule has 0 atom stereocenters. The Kier molecular flexibility index (Phi) is 6.47. The lowest BCUT2D eigenvalue weighted by molar-refractivity contribution is 0.484. The second-order valence-electron chi connectivity index (χ2n) is 10.2. The fourth-order valence-corrected chi connectivity index (χ4v) is 6.29. The van der Waals surface area contributed by atoms with Crippen LogP contribution in [-0.4, -0.2) is 22.6 Å². The summed E-state index contributed by atoms with van der Waals surface area (Å²) in [5.41, 5.74) is 13.8. The summed E-state index contributed by atoms with van der Waals surface area (Å²) in [5, 5.41) is 0. The smallest absolute Gasteiger partial charge is 0.121 e. The maximum absolute atomic E-state index is 6.28. The van der Waals surface area contributed by atoms with E-state index in [1.54, 1.807) is 0 Å². The quantitative estimate of drug-likeness (QED) is 0.203. The van der Waals surface area contributed by atoms with E-state index in [1.807, 2.05) is 12.1 Å². The molecule has 1 fully saturated rings. The summed E-state index contributed by atoms with van der Waals surface area (Å²) in [6.45, 7) is 4.20. The third kappa shape index (κ3) is 4.06. The van der Waals surface area contributed by atoms with Gasteiger partial charge in [0.2, 0.25) is 0 Å².